The fourth-order valence-corrected chi connectivity index (χ4v) is 4.20. The molecule has 0 saturated heterocycles. The second kappa shape index (κ2) is 9.90. The zero-order valence-electron chi connectivity index (χ0n) is 18.3. The second-order valence-corrected chi connectivity index (χ2v) is 8.19. The summed E-state index contributed by atoms with van der Waals surface area (Å²) in [6.45, 7) is -0.168. The Bertz CT molecular complexity index is 1400. The molecule has 3 heterocycles. The summed E-state index contributed by atoms with van der Waals surface area (Å²) in [4.78, 5) is 8.69. The summed E-state index contributed by atoms with van der Waals surface area (Å²) in [5.41, 5.74) is 13.1. The molecule has 1 aliphatic rings. The normalized spacial score (nSPS) is 14.4. The van der Waals surface area contributed by atoms with Crippen molar-refractivity contribution in [2.45, 2.75) is 12.1 Å². The second-order valence-electron chi connectivity index (χ2n) is 7.79. The van der Waals surface area contributed by atoms with Gasteiger partial charge < -0.3 is 31.0 Å². The topological polar surface area (TPSA) is 143 Å². The number of halogens is 1. The van der Waals surface area contributed by atoms with Crippen LogP contribution in [0.1, 0.15) is 28.9 Å². The maximum absolute atomic E-state index is 10.1. The van der Waals surface area contributed by atoms with Crippen molar-refractivity contribution in [2.75, 3.05) is 17.2 Å². The van der Waals surface area contributed by atoms with Crippen molar-refractivity contribution in [1.82, 2.24) is 26.4 Å². The molecule has 0 bridgehead atoms. The first-order chi connectivity index (χ1) is 17.2. The number of rotatable bonds is 8. The summed E-state index contributed by atoms with van der Waals surface area (Å²) in [5, 5.41) is 27.7. The third-order valence-electron chi connectivity index (χ3n) is 5.62. The van der Waals surface area contributed by atoms with Crippen molar-refractivity contribution in [3.63, 3.8) is 0 Å². The number of pyridine rings is 1. The molecule has 2 atom stereocenters. The van der Waals surface area contributed by atoms with Crippen molar-refractivity contribution in [3.8, 4) is 6.07 Å². The van der Waals surface area contributed by atoms with Crippen LogP contribution >= 0.6 is 11.6 Å². The summed E-state index contributed by atoms with van der Waals surface area (Å²) in [5.74, 6) is 0. The number of hydrogen-bond donors (Lipinski definition) is 6. The Morgan fingerprint density at radius 2 is 2.03 bits per heavy atom. The molecule has 2 aromatic carbocycles. The fraction of sp³-hybridized carbons (Fsp3) is 0.125. The van der Waals surface area contributed by atoms with E-state index in [4.69, 9.17) is 16.0 Å². The third-order valence-corrected chi connectivity index (χ3v) is 5.91. The van der Waals surface area contributed by atoms with Gasteiger partial charge in [-0.05, 0) is 17.7 Å². The molecule has 11 heteroatoms. The maximum Gasteiger partial charge on any atom is 0.180 e. The highest BCUT2D eigenvalue weighted by molar-refractivity contribution is 6.35. The quantitative estimate of drug-likeness (QED) is 0.218. The van der Waals surface area contributed by atoms with Crippen molar-refractivity contribution >= 4 is 33.9 Å². The van der Waals surface area contributed by atoms with E-state index in [2.05, 4.69) is 43.1 Å². The van der Waals surface area contributed by atoms with Crippen LogP contribution in [0.4, 0.5) is 11.4 Å². The molecular formula is C24H21ClN8O2. The van der Waals surface area contributed by atoms with Gasteiger partial charge in [-0.1, -0.05) is 41.9 Å². The van der Waals surface area contributed by atoms with E-state index in [-0.39, 0.29) is 12.6 Å². The highest BCUT2D eigenvalue weighted by Crippen LogP contribution is 2.36. The number of aliphatic hydroxyl groups excluding tert-OH is 1. The van der Waals surface area contributed by atoms with Gasteiger partial charge in [0.05, 0.1) is 40.1 Å². The molecule has 0 fully saturated rings. The molecule has 0 aliphatic carbocycles. The molecule has 35 heavy (non-hydrogen) atoms. The number of nitriles is 1. The summed E-state index contributed by atoms with van der Waals surface area (Å²) in [6.07, 6.45) is 6.15. The number of oxazole rings is 1. The van der Waals surface area contributed by atoms with E-state index >= 15 is 0 Å². The SMILES string of the molecule is N#Cc1cnc2c(Cl)cc(N[C@H](C3=CNNN3)c3cocn3)cc2c1N[C@H](CO)c1ccccc1. The first kappa shape index (κ1) is 22.5. The van der Waals surface area contributed by atoms with Crippen LogP contribution in [0.15, 0.2) is 77.6 Å². The Morgan fingerprint density at radius 1 is 1.17 bits per heavy atom. The van der Waals surface area contributed by atoms with Crippen LogP contribution in [0.5, 0.6) is 0 Å². The van der Waals surface area contributed by atoms with Gasteiger partial charge in [-0.15, -0.1) is 0 Å². The van der Waals surface area contributed by atoms with E-state index in [0.29, 0.717) is 38.6 Å². The minimum absolute atomic E-state index is 0.168. The molecule has 5 rings (SSSR count). The molecule has 0 spiro atoms. The van der Waals surface area contributed by atoms with Gasteiger partial charge in [0, 0.05) is 23.5 Å². The number of aromatic nitrogens is 2. The van der Waals surface area contributed by atoms with Gasteiger partial charge in [-0.25, -0.2) is 4.98 Å². The van der Waals surface area contributed by atoms with E-state index < -0.39 is 6.04 Å². The van der Waals surface area contributed by atoms with Crippen molar-refractivity contribution in [1.29, 1.82) is 5.26 Å². The summed E-state index contributed by atoms with van der Waals surface area (Å²) < 4.78 is 5.18. The molecular weight excluding hydrogens is 468 g/mol. The van der Waals surface area contributed by atoms with Crippen LogP contribution < -0.4 is 27.0 Å². The average Bonchev–Trinajstić information content (AvgIpc) is 3.61. The van der Waals surface area contributed by atoms with Gasteiger partial charge in [-0.2, -0.15) is 10.8 Å². The molecule has 0 radical (unpaired) electrons. The number of hydrogen-bond acceptors (Lipinski definition) is 10. The number of hydrazine groups is 2. The van der Waals surface area contributed by atoms with E-state index in [1.165, 1.54) is 12.6 Å². The molecule has 6 N–H and O–H groups in total. The van der Waals surface area contributed by atoms with Crippen LogP contribution in [0.2, 0.25) is 5.02 Å². The first-order valence-electron chi connectivity index (χ1n) is 10.7. The number of benzene rings is 2. The van der Waals surface area contributed by atoms with E-state index in [0.717, 1.165) is 11.3 Å². The zero-order chi connectivity index (χ0) is 24.2. The van der Waals surface area contributed by atoms with Crippen LogP contribution in [-0.2, 0) is 0 Å². The fourth-order valence-electron chi connectivity index (χ4n) is 3.93. The van der Waals surface area contributed by atoms with Crippen LogP contribution in [0, 0.1) is 11.3 Å². The molecule has 0 amide bonds. The van der Waals surface area contributed by atoms with Crippen molar-refractivity contribution in [2.24, 2.45) is 0 Å². The lowest BCUT2D eigenvalue weighted by molar-refractivity contribution is 0.276. The number of nitrogens with one attached hydrogen (secondary N) is 5. The molecule has 0 unspecified atom stereocenters. The molecule has 1 aliphatic heterocycles. The van der Waals surface area contributed by atoms with Gasteiger partial charge in [0.15, 0.2) is 6.39 Å². The number of anilines is 2. The highest BCUT2D eigenvalue weighted by atomic mass is 35.5. The molecule has 176 valence electrons. The Hall–Kier alpha value is -4.30. The predicted molar refractivity (Wildman–Crippen MR) is 132 cm³/mol. The maximum atomic E-state index is 10.1. The van der Waals surface area contributed by atoms with Gasteiger partial charge in [0.25, 0.3) is 0 Å². The highest BCUT2D eigenvalue weighted by Gasteiger charge is 2.23. The Labute approximate surface area is 205 Å². The van der Waals surface area contributed by atoms with Crippen molar-refractivity contribution in [3.05, 3.63) is 95.1 Å². The number of fused-ring (bicyclic) bond motifs is 1. The lowest BCUT2D eigenvalue weighted by atomic mass is 10.0. The monoisotopic (exact) mass is 488 g/mol. The van der Waals surface area contributed by atoms with E-state index in [9.17, 15) is 10.4 Å². The predicted octanol–water partition coefficient (Wildman–Crippen LogP) is 3.50. The lowest BCUT2D eigenvalue weighted by Gasteiger charge is -2.22. The van der Waals surface area contributed by atoms with E-state index in [1.807, 2.05) is 36.4 Å². The lowest BCUT2D eigenvalue weighted by Crippen LogP contribution is -2.34. The first-order valence-corrected chi connectivity index (χ1v) is 11.1. The number of nitrogens with zero attached hydrogens (tertiary/aromatic N) is 3. The van der Waals surface area contributed by atoms with Gasteiger partial charge in [0.2, 0.25) is 0 Å². The summed E-state index contributed by atoms with van der Waals surface area (Å²) in [6, 6.07) is 14.5. The van der Waals surface area contributed by atoms with Gasteiger partial charge >= 0.3 is 0 Å². The number of aliphatic hydroxyl groups is 1. The zero-order valence-corrected chi connectivity index (χ0v) is 19.0. The van der Waals surface area contributed by atoms with Crippen LogP contribution in [0.25, 0.3) is 10.9 Å². The average molecular weight is 489 g/mol. The van der Waals surface area contributed by atoms with Crippen LogP contribution in [-0.4, -0.2) is 21.7 Å². The van der Waals surface area contributed by atoms with Gasteiger partial charge in [0.1, 0.15) is 24.1 Å². The third kappa shape index (κ3) is 4.56. The van der Waals surface area contributed by atoms with Crippen LogP contribution in [0.3, 0.4) is 0 Å². The standard InChI is InChI=1S/C24H21ClN8O2/c25-18-7-16(30-24(19-10-29-33-32-19)21-12-35-13-28-21)6-17-22(15(8-26)9-27-23(17)18)31-20(11-34)14-4-2-1-3-5-14/h1-7,9-10,12-13,20,24,29-30,32-34H,11H2,(H,27,31)/t20-,24-/m1/s1. The molecule has 2 aromatic heterocycles. The van der Waals surface area contributed by atoms with Crippen molar-refractivity contribution < 1.29 is 9.52 Å². The molecule has 4 aromatic rings. The Balaban J connectivity index is 1.58. The molecule has 10 nitrogen and oxygen atoms in total. The minimum Gasteiger partial charge on any atom is -0.451 e. The molecule has 0 saturated carbocycles. The van der Waals surface area contributed by atoms with E-state index in [1.54, 1.807) is 18.5 Å². The minimum atomic E-state index is -0.433. The summed E-state index contributed by atoms with van der Waals surface area (Å²) in [7, 11) is 0. The van der Waals surface area contributed by atoms with Gasteiger partial charge in [-0.3, -0.25) is 4.98 Å². The Kier molecular flexibility index (Phi) is 6.36. The Morgan fingerprint density at radius 3 is 2.71 bits per heavy atom. The largest absolute Gasteiger partial charge is 0.451 e. The summed E-state index contributed by atoms with van der Waals surface area (Å²) >= 11 is 6.63. The smallest absolute Gasteiger partial charge is 0.180 e.